The molecule has 7 nitrogen and oxygen atoms in total. The molecule has 4 unspecified atom stereocenters. The highest BCUT2D eigenvalue weighted by atomic mass is 16.6. The van der Waals surface area contributed by atoms with Crippen LogP contribution in [-0.4, -0.2) is 47.0 Å². The Labute approximate surface area is 218 Å². The molecule has 0 aliphatic heterocycles. The minimum Gasteiger partial charge on any atom is -0.444 e. The number of rotatable bonds is 12. The number of alkyl carbamates (subject to hydrolysis) is 1. The molecule has 0 spiro atoms. The molecular weight excluding hydrogens is 454 g/mol. The summed E-state index contributed by atoms with van der Waals surface area (Å²) in [6, 6.07) is 4.13. The summed E-state index contributed by atoms with van der Waals surface area (Å²) in [6.45, 7) is 19.8. The van der Waals surface area contributed by atoms with E-state index in [-0.39, 0.29) is 23.8 Å². The minimum atomic E-state index is -0.823. The second-order valence-electron chi connectivity index (χ2n) is 11.0. The van der Waals surface area contributed by atoms with Crippen molar-refractivity contribution >= 4 is 17.9 Å². The first-order valence-corrected chi connectivity index (χ1v) is 13.4. The van der Waals surface area contributed by atoms with Crippen LogP contribution in [0.2, 0.25) is 0 Å². The van der Waals surface area contributed by atoms with Gasteiger partial charge >= 0.3 is 6.09 Å². The van der Waals surface area contributed by atoms with E-state index in [1.54, 1.807) is 25.7 Å². The maximum atomic E-state index is 14.2. The zero-order chi connectivity index (χ0) is 27.6. The van der Waals surface area contributed by atoms with Gasteiger partial charge in [-0.05, 0) is 65.9 Å². The number of aryl methyl sites for hydroxylation is 2. The maximum Gasteiger partial charge on any atom is 0.408 e. The Kier molecular flexibility index (Phi) is 12.4. The van der Waals surface area contributed by atoms with Crippen LogP contribution in [0.1, 0.15) is 104 Å². The van der Waals surface area contributed by atoms with Crippen molar-refractivity contribution < 1.29 is 19.1 Å². The standard InChI is InChI=1S/C29H49N3O4/c1-11-14-15-30-26(33)25(23-17-19(4)16-20(5)18-23)32(22(7)13-3)27(34)24(21(6)12-2)31-28(35)36-29(8,9)10/h16-18,21-22,24-25H,11-15H2,1-10H3,(H,30,33)(H,31,35). The molecule has 0 aliphatic rings. The monoisotopic (exact) mass is 503 g/mol. The molecule has 204 valence electrons. The van der Waals surface area contributed by atoms with Crippen molar-refractivity contribution in [1.82, 2.24) is 15.5 Å². The topological polar surface area (TPSA) is 87.7 Å². The molecule has 36 heavy (non-hydrogen) atoms. The average molecular weight is 504 g/mol. The van der Waals surface area contributed by atoms with Gasteiger partial charge in [-0.1, -0.05) is 69.9 Å². The first kappa shape index (κ1) is 31.5. The number of unbranched alkanes of at least 4 members (excludes halogenated alkanes) is 1. The summed E-state index contributed by atoms with van der Waals surface area (Å²) in [6.07, 6.45) is 2.52. The lowest BCUT2D eigenvalue weighted by molar-refractivity contribution is -0.146. The van der Waals surface area contributed by atoms with E-state index >= 15 is 0 Å². The van der Waals surface area contributed by atoms with Crippen molar-refractivity contribution in [3.63, 3.8) is 0 Å². The Morgan fingerprint density at radius 1 is 0.972 bits per heavy atom. The highest BCUT2D eigenvalue weighted by Gasteiger charge is 2.40. The van der Waals surface area contributed by atoms with Gasteiger partial charge in [-0.15, -0.1) is 0 Å². The molecule has 1 rings (SSSR count). The van der Waals surface area contributed by atoms with Gasteiger partial charge in [-0.25, -0.2) is 4.79 Å². The predicted molar refractivity (Wildman–Crippen MR) is 146 cm³/mol. The zero-order valence-corrected chi connectivity index (χ0v) is 24.2. The van der Waals surface area contributed by atoms with Gasteiger partial charge in [0.15, 0.2) is 0 Å². The first-order valence-electron chi connectivity index (χ1n) is 13.4. The van der Waals surface area contributed by atoms with Crippen molar-refractivity contribution in [2.75, 3.05) is 6.54 Å². The molecule has 0 saturated heterocycles. The van der Waals surface area contributed by atoms with Crippen LogP contribution in [-0.2, 0) is 14.3 Å². The number of benzene rings is 1. The van der Waals surface area contributed by atoms with Crippen LogP contribution in [0, 0.1) is 19.8 Å². The summed E-state index contributed by atoms with van der Waals surface area (Å²) < 4.78 is 5.47. The van der Waals surface area contributed by atoms with Crippen LogP contribution in [0.4, 0.5) is 4.79 Å². The average Bonchev–Trinajstić information content (AvgIpc) is 2.77. The summed E-state index contributed by atoms with van der Waals surface area (Å²) in [5, 5.41) is 5.86. The third-order valence-corrected chi connectivity index (χ3v) is 6.39. The van der Waals surface area contributed by atoms with Gasteiger partial charge in [0.05, 0.1) is 0 Å². The molecule has 0 aliphatic carbocycles. The van der Waals surface area contributed by atoms with E-state index in [1.165, 1.54) is 0 Å². The number of hydrogen-bond donors (Lipinski definition) is 2. The van der Waals surface area contributed by atoms with E-state index in [1.807, 2.05) is 53.7 Å². The molecule has 1 aromatic carbocycles. The summed E-state index contributed by atoms with van der Waals surface area (Å²) in [4.78, 5) is 42.3. The number of ether oxygens (including phenoxy) is 1. The highest BCUT2D eigenvalue weighted by molar-refractivity contribution is 5.92. The summed E-state index contributed by atoms with van der Waals surface area (Å²) in [7, 11) is 0. The van der Waals surface area contributed by atoms with Crippen LogP contribution in [0.15, 0.2) is 18.2 Å². The van der Waals surface area contributed by atoms with Gasteiger partial charge in [0.1, 0.15) is 17.7 Å². The van der Waals surface area contributed by atoms with Crippen molar-refractivity contribution in [2.24, 2.45) is 5.92 Å². The second-order valence-corrected chi connectivity index (χ2v) is 11.0. The number of nitrogens with zero attached hydrogens (tertiary/aromatic N) is 1. The van der Waals surface area contributed by atoms with Gasteiger partial charge in [0.25, 0.3) is 0 Å². The number of carbonyl (C=O) groups excluding carboxylic acids is 3. The smallest absolute Gasteiger partial charge is 0.408 e. The number of amides is 3. The molecule has 3 amide bonds. The Hall–Kier alpha value is -2.57. The van der Waals surface area contributed by atoms with Gasteiger partial charge in [0, 0.05) is 12.6 Å². The zero-order valence-electron chi connectivity index (χ0n) is 24.2. The van der Waals surface area contributed by atoms with E-state index in [0.29, 0.717) is 19.4 Å². The van der Waals surface area contributed by atoms with Crippen LogP contribution < -0.4 is 10.6 Å². The van der Waals surface area contributed by atoms with E-state index in [4.69, 9.17) is 4.74 Å². The van der Waals surface area contributed by atoms with Crippen molar-refractivity contribution in [1.29, 1.82) is 0 Å². The predicted octanol–water partition coefficient (Wildman–Crippen LogP) is 5.83. The Bertz CT molecular complexity index is 858. The normalized spacial score (nSPS) is 14.8. The lowest BCUT2D eigenvalue weighted by Crippen LogP contribution is -2.57. The SMILES string of the molecule is CCCCNC(=O)C(c1cc(C)cc(C)c1)N(C(=O)C(NC(=O)OC(C)(C)C)C(C)CC)C(C)CC. The lowest BCUT2D eigenvalue weighted by Gasteiger charge is -2.39. The molecule has 2 N–H and O–H groups in total. The van der Waals surface area contributed by atoms with Crippen molar-refractivity contribution in [3.05, 3.63) is 34.9 Å². The minimum absolute atomic E-state index is 0.153. The van der Waals surface area contributed by atoms with Crippen molar-refractivity contribution in [3.8, 4) is 0 Å². The van der Waals surface area contributed by atoms with Gasteiger partial charge in [-0.3, -0.25) is 9.59 Å². The van der Waals surface area contributed by atoms with Gasteiger partial charge in [0.2, 0.25) is 11.8 Å². The number of carbonyl (C=O) groups is 3. The summed E-state index contributed by atoms with van der Waals surface area (Å²) >= 11 is 0. The molecule has 7 heteroatoms. The molecule has 0 fully saturated rings. The molecule has 0 bridgehead atoms. The quantitative estimate of drug-likeness (QED) is 0.352. The molecule has 0 aromatic heterocycles. The molecule has 4 atom stereocenters. The van der Waals surface area contributed by atoms with Crippen LogP contribution in [0.3, 0.4) is 0 Å². The highest BCUT2D eigenvalue weighted by Crippen LogP contribution is 2.29. The third-order valence-electron chi connectivity index (χ3n) is 6.39. The van der Waals surface area contributed by atoms with Crippen LogP contribution in [0.25, 0.3) is 0 Å². The number of hydrogen-bond acceptors (Lipinski definition) is 4. The van der Waals surface area contributed by atoms with E-state index < -0.39 is 23.8 Å². The van der Waals surface area contributed by atoms with Crippen molar-refractivity contribution in [2.45, 2.75) is 119 Å². The Morgan fingerprint density at radius 3 is 2.03 bits per heavy atom. The molecule has 0 saturated carbocycles. The fourth-order valence-electron chi connectivity index (χ4n) is 4.16. The second kappa shape index (κ2) is 14.2. The molecule has 0 radical (unpaired) electrons. The Morgan fingerprint density at radius 2 is 1.56 bits per heavy atom. The van der Waals surface area contributed by atoms with Crippen LogP contribution in [0.5, 0.6) is 0 Å². The third kappa shape index (κ3) is 9.47. The van der Waals surface area contributed by atoms with E-state index in [9.17, 15) is 14.4 Å². The largest absolute Gasteiger partial charge is 0.444 e. The molecule has 1 aromatic rings. The van der Waals surface area contributed by atoms with Crippen LogP contribution >= 0.6 is 0 Å². The fraction of sp³-hybridized carbons (Fsp3) is 0.690. The van der Waals surface area contributed by atoms with E-state index in [2.05, 4.69) is 23.6 Å². The fourth-order valence-corrected chi connectivity index (χ4v) is 4.16. The van der Waals surface area contributed by atoms with E-state index in [0.717, 1.165) is 29.5 Å². The van der Waals surface area contributed by atoms with Gasteiger partial charge < -0.3 is 20.3 Å². The first-order chi connectivity index (χ1) is 16.7. The summed E-state index contributed by atoms with van der Waals surface area (Å²) in [5.41, 5.74) is 2.14. The van der Waals surface area contributed by atoms with Gasteiger partial charge in [-0.2, -0.15) is 0 Å². The Balaban J connectivity index is 3.58. The maximum absolute atomic E-state index is 14.2. The summed E-state index contributed by atoms with van der Waals surface area (Å²) in [5.74, 6) is -0.638. The molecular formula is C29H49N3O4. The lowest BCUT2D eigenvalue weighted by atomic mass is 9.93. The molecule has 0 heterocycles. The number of nitrogens with one attached hydrogen (secondary N) is 2.